The van der Waals surface area contributed by atoms with Crippen LogP contribution in [0.5, 0.6) is 0 Å². The molecule has 1 spiro atoms. The van der Waals surface area contributed by atoms with Gasteiger partial charge in [-0.1, -0.05) is 11.6 Å². The van der Waals surface area contributed by atoms with Crippen LogP contribution in [0.1, 0.15) is 27.2 Å². The van der Waals surface area contributed by atoms with Crippen LogP contribution in [0.4, 0.5) is 10.5 Å². The van der Waals surface area contributed by atoms with Gasteiger partial charge in [0.05, 0.1) is 16.9 Å². The fourth-order valence-electron chi connectivity index (χ4n) is 3.22. The molecule has 2 aliphatic rings. The highest BCUT2D eigenvalue weighted by Gasteiger charge is 2.50. The fourth-order valence-corrected chi connectivity index (χ4v) is 3.44. The standard InChI is InChI=1S/C16H22ClN3O2/c1-15(2,3)22-14(21)20-10-16(11-20)5-7-19(9-16)13-8-18-6-4-12(13)17/h4,6,8H,5,7,9-11H2,1-3H3. The highest BCUT2D eigenvalue weighted by molar-refractivity contribution is 6.33. The van der Waals surface area contributed by atoms with E-state index >= 15 is 0 Å². The predicted molar refractivity (Wildman–Crippen MR) is 86.3 cm³/mol. The van der Waals surface area contributed by atoms with Gasteiger partial charge in [-0.25, -0.2) is 4.79 Å². The average Bonchev–Trinajstić information content (AvgIpc) is 2.80. The molecule has 2 aliphatic heterocycles. The number of pyridine rings is 1. The number of aromatic nitrogens is 1. The molecular weight excluding hydrogens is 302 g/mol. The van der Waals surface area contributed by atoms with Crippen molar-refractivity contribution >= 4 is 23.4 Å². The SMILES string of the molecule is CC(C)(C)OC(=O)N1CC2(CCN(c3cnccc3Cl)C2)C1. The van der Waals surface area contributed by atoms with Gasteiger partial charge in [0.25, 0.3) is 0 Å². The maximum Gasteiger partial charge on any atom is 0.410 e. The van der Waals surface area contributed by atoms with Crippen molar-refractivity contribution in [1.82, 2.24) is 9.88 Å². The van der Waals surface area contributed by atoms with Crippen LogP contribution in [-0.4, -0.2) is 47.8 Å². The van der Waals surface area contributed by atoms with E-state index in [1.807, 2.05) is 33.0 Å². The maximum atomic E-state index is 12.0. The van der Waals surface area contributed by atoms with Gasteiger partial charge in [0.15, 0.2) is 0 Å². The van der Waals surface area contributed by atoms with Crippen molar-refractivity contribution in [3.63, 3.8) is 0 Å². The first-order valence-corrected chi connectivity index (χ1v) is 7.98. The lowest BCUT2D eigenvalue weighted by Gasteiger charge is -2.47. The van der Waals surface area contributed by atoms with Crippen molar-refractivity contribution in [1.29, 1.82) is 0 Å². The van der Waals surface area contributed by atoms with E-state index in [0.29, 0.717) is 0 Å². The van der Waals surface area contributed by atoms with E-state index in [1.165, 1.54) is 0 Å². The molecule has 0 N–H and O–H groups in total. The lowest BCUT2D eigenvalue weighted by atomic mass is 9.79. The Morgan fingerprint density at radius 1 is 1.36 bits per heavy atom. The van der Waals surface area contributed by atoms with Crippen LogP contribution in [0.3, 0.4) is 0 Å². The number of hydrogen-bond donors (Lipinski definition) is 0. The minimum Gasteiger partial charge on any atom is -0.444 e. The minimum absolute atomic E-state index is 0.177. The van der Waals surface area contributed by atoms with Gasteiger partial charge < -0.3 is 14.5 Å². The first-order chi connectivity index (χ1) is 10.3. The molecule has 3 rings (SSSR count). The molecule has 6 heteroatoms. The Balaban J connectivity index is 1.59. The van der Waals surface area contributed by atoms with Crippen molar-refractivity contribution in [2.75, 3.05) is 31.1 Å². The first kappa shape index (κ1) is 15.4. The zero-order valence-electron chi connectivity index (χ0n) is 13.3. The van der Waals surface area contributed by atoms with E-state index in [0.717, 1.165) is 43.3 Å². The van der Waals surface area contributed by atoms with Crippen LogP contribution in [0.2, 0.25) is 5.02 Å². The van der Waals surface area contributed by atoms with E-state index in [9.17, 15) is 4.79 Å². The van der Waals surface area contributed by atoms with Gasteiger partial charge in [-0.3, -0.25) is 4.98 Å². The Bertz CT molecular complexity index is 579. The minimum atomic E-state index is -0.440. The molecule has 0 unspecified atom stereocenters. The van der Waals surface area contributed by atoms with Crippen molar-refractivity contribution in [3.8, 4) is 0 Å². The number of anilines is 1. The highest BCUT2D eigenvalue weighted by Crippen LogP contribution is 2.42. The third-order valence-corrected chi connectivity index (χ3v) is 4.55. The summed E-state index contributed by atoms with van der Waals surface area (Å²) < 4.78 is 5.42. The third-order valence-electron chi connectivity index (χ3n) is 4.23. The summed E-state index contributed by atoms with van der Waals surface area (Å²) >= 11 is 6.24. The van der Waals surface area contributed by atoms with Gasteiger partial charge in [-0.05, 0) is 33.3 Å². The number of carbonyl (C=O) groups is 1. The summed E-state index contributed by atoms with van der Waals surface area (Å²) in [6.45, 7) is 9.06. The van der Waals surface area contributed by atoms with Gasteiger partial charge >= 0.3 is 6.09 Å². The summed E-state index contributed by atoms with van der Waals surface area (Å²) in [5, 5.41) is 0.732. The molecule has 120 valence electrons. The van der Waals surface area contributed by atoms with E-state index in [2.05, 4.69) is 9.88 Å². The summed E-state index contributed by atoms with van der Waals surface area (Å²) in [6.07, 6.45) is 4.37. The smallest absolute Gasteiger partial charge is 0.410 e. The van der Waals surface area contributed by atoms with E-state index in [-0.39, 0.29) is 11.5 Å². The monoisotopic (exact) mass is 323 g/mol. The number of carbonyl (C=O) groups excluding carboxylic acids is 1. The summed E-state index contributed by atoms with van der Waals surface area (Å²) in [6, 6.07) is 1.82. The van der Waals surface area contributed by atoms with Gasteiger partial charge in [0.1, 0.15) is 5.60 Å². The summed E-state index contributed by atoms with van der Waals surface area (Å²) in [5.74, 6) is 0. The Morgan fingerprint density at radius 2 is 2.09 bits per heavy atom. The highest BCUT2D eigenvalue weighted by atomic mass is 35.5. The molecule has 0 bridgehead atoms. The van der Waals surface area contributed by atoms with Crippen LogP contribution in [0.15, 0.2) is 18.5 Å². The Hall–Kier alpha value is -1.49. The predicted octanol–water partition coefficient (Wildman–Crippen LogP) is 3.18. The molecular formula is C16H22ClN3O2. The largest absolute Gasteiger partial charge is 0.444 e. The summed E-state index contributed by atoms with van der Waals surface area (Å²) in [4.78, 5) is 20.3. The number of halogens is 1. The van der Waals surface area contributed by atoms with E-state index in [1.54, 1.807) is 11.1 Å². The number of ether oxygens (including phenoxy) is 1. The van der Waals surface area contributed by atoms with Gasteiger partial charge in [0.2, 0.25) is 0 Å². The molecule has 0 saturated carbocycles. The van der Waals surface area contributed by atoms with Crippen LogP contribution in [0.25, 0.3) is 0 Å². The normalized spacial score (nSPS) is 20.2. The molecule has 2 fully saturated rings. The van der Waals surface area contributed by atoms with Crippen LogP contribution in [0, 0.1) is 5.41 Å². The van der Waals surface area contributed by atoms with Gasteiger partial charge in [-0.2, -0.15) is 0 Å². The van der Waals surface area contributed by atoms with Crippen molar-refractivity contribution in [2.24, 2.45) is 5.41 Å². The number of likely N-dealkylation sites (tertiary alicyclic amines) is 1. The number of amides is 1. The molecule has 5 nitrogen and oxygen atoms in total. The van der Waals surface area contributed by atoms with E-state index in [4.69, 9.17) is 16.3 Å². The first-order valence-electron chi connectivity index (χ1n) is 7.60. The van der Waals surface area contributed by atoms with Crippen LogP contribution >= 0.6 is 11.6 Å². The molecule has 0 aliphatic carbocycles. The lowest BCUT2D eigenvalue weighted by molar-refractivity contribution is -0.0266. The molecule has 1 amide bonds. The Kier molecular flexibility index (Phi) is 3.71. The zero-order chi connectivity index (χ0) is 16.0. The molecule has 1 aromatic rings. The molecule has 3 heterocycles. The third kappa shape index (κ3) is 3.00. The van der Waals surface area contributed by atoms with Crippen molar-refractivity contribution in [3.05, 3.63) is 23.5 Å². The average molecular weight is 324 g/mol. The van der Waals surface area contributed by atoms with Crippen LogP contribution in [-0.2, 0) is 4.74 Å². The topological polar surface area (TPSA) is 45.7 Å². The van der Waals surface area contributed by atoms with Gasteiger partial charge in [0, 0.05) is 37.8 Å². The quantitative estimate of drug-likeness (QED) is 0.796. The second-order valence-corrected chi connectivity index (χ2v) is 7.74. The molecule has 0 atom stereocenters. The molecule has 2 saturated heterocycles. The molecule has 22 heavy (non-hydrogen) atoms. The van der Waals surface area contributed by atoms with Crippen LogP contribution < -0.4 is 4.90 Å². The second-order valence-electron chi connectivity index (χ2n) is 7.34. The number of rotatable bonds is 1. The Labute approximate surface area is 136 Å². The molecule has 1 aromatic heterocycles. The Morgan fingerprint density at radius 3 is 2.73 bits per heavy atom. The summed E-state index contributed by atoms with van der Waals surface area (Å²) in [5.41, 5.74) is 0.720. The maximum absolute atomic E-state index is 12.0. The zero-order valence-corrected chi connectivity index (χ0v) is 14.1. The second kappa shape index (κ2) is 5.30. The molecule has 0 aromatic carbocycles. The molecule has 0 radical (unpaired) electrons. The lowest BCUT2D eigenvalue weighted by Crippen LogP contribution is -2.60. The number of hydrogen-bond acceptors (Lipinski definition) is 4. The number of nitrogens with zero attached hydrogens (tertiary/aromatic N) is 3. The van der Waals surface area contributed by atoms with Gasteiger partial charge in [-0.15, -0.1) is 0 Å². The fraction of sp³-hybridized carbons (Fsp3) is 0.625. The van der Waals surface area contributed by atoms with Crippen molar-refractivity contribution < 1.29 is 9.53 Å². The van der Waals surface area contributed by atoms with Crippen molar-refractivity contribution in [2.45, 2.75) is 32.8 Å². The summed E-state index contributed by atoms with van der Waals surface area (Å²) in [7, 11) is 0. The van der Waals surface area contributed by atoms with E-state index < -0.39 is 5.60 Å².